The molecule has 0 radical (unpaired) electrons. The number of likely N-dealkylation sites (N-methyl/N-ethyl adjacent to an activating group) is 1. The number of benzene rings is 2. The first-order chi connectivity index (χ1) is 14.4. The van der Waals surface area contributed by atoms with Crippen LogP contribution in [0, 0.1) is 10.1 Å². The first-order valence-corrected chi connectivity index (χ1v) is 10.0. The SMILES string of the molecule is CCN(CCCNC(=O)c1ccc(NC(C)=O)cc1)CCc1ccc([N+](=O)[O-])cc1. The maximum Gasteiger partial charge on any atom is 0.269 e. The molecule has 0 aromatic heterocycles. The molecule has 0 fully saturated rings. The Hall–Kier alpha value is -3.26. The third kappa shape index (κ3) is 7.63. The minimum absolute atomic E-state index is 0.103. The highest BCUT2D eigenvalue weighted by Gasteiger charge is 2.08. The van der Waals surface area contributed by atoms with E-state index in [2.05, 4.69) is 22.5 Å². The van der Waals surface area contributed by atoms with Crippen LogP contribution in [-0.2, 0) is 11.2 Å². The molecule has 0 unspecified atom stereocenters. The van der Waals surface area contributed by atoms with Crippen molar-refractivity contribution in [1.82, 2.24) is 10.2 Å². The highest BCUT2D eigenvalue weighted by Crippen LogP contribution is 2.13. The molecule has 0 aliphatic carbocycles. The van der Waals surface area contributed by atoms with Crippen LogP contribution >= 0.6 is 0 Å². The number of rotatable bonds is 11. The van der Waals surface area contributed by atoms with Gasteiger partial charge in [0, 0.05) is 43.4 Å². The molecule has 0 saturated carbocycles. The molecule has 2 amide bonds. The predicted octanol–water partition coefficient (Wildman–Crippen LogP) is 3.24. The zero-order valence-corrected chi connectivity index (χ0v) is 17.4. The van der Waals surface area contributed by atoms with E-state index in [9.17, 15) is 19.7 Å². The van der Waals surface area contributed by atoms with Gasteiger partial charge in [0.25, 0.3) is 11.6 Å². The van der Waals surface area contributed by atoms with Gasteiger partial charge in [0.2, 0.25) is 5.91 Å². The van der Waals surface area contributed by atoms with Crippen LogP contribution in [0.2, 0.25) is 0 Å². The van der Waals surface area contributed by atoms with Crippen molar-refractivity contribution in [3.63, 3.8) is 0 Å². The Bertz CT molecular complexity index is 850. The van der Waals surface area contributed by atoms with E-state index in [0.717, 1.165) is 38.0 Å². The number of nitrogens with one attached hydrogen (secondary N) is 2. The van der Waals surface area contributed by atoms with Gasteiger partial charge in [0.1, 0.15) is 0 Å². The van der Waals surface area contributed by atoms with E-state index in [1.54, 1.807) is 36.4 Å². The molecule has 0 atom stereocenters. The van der Waals surface area contributed by atoms with Gasteiger partial charge in [0.05, 0.1) is 4.92 Å². The summed E-state index contributed by atoms with van der Waals surface area (Å²) in [5, 5.41) is 16.3. The fraction of sp³-hybridized carbons (Fsp3) is 0.364. The van der Waals surface area contributed by atoms with Crippen molar-refractivity contribution >= 4 is 23.2 Å². The lowest BCUT2D eigenvalue weighted by Crippen LogP contribution is -2.31. The average Bonchev–Trinajstić information content (AvgIpc) is 2.73. The number of hydrogen-bond donors (Lipinski definition) is 2. The molecule has 2 N–H and O–H groups in total. The molecule has 30 heavy (non-hydrogen) atoms. The van der Waals surface area contributed by atoms with Crippen LogP contribution in [0.15, 0.2) is 48.5 Å². The van der Waals surface area contributed by atoms with Crippen LogP contribution in [0.3, 0.4) is 0 Å². The van der Waals surface area contributed by atoms with E-state index in [0.29, 0.717) is 17.8 Å². The van der Waals surface area contributed by atoms with Crippen molar-refractivity contribution in [3.05, 3.63) is 69.8 Å². The van der Waals surface area contributed by atoms with Gasteiger partial charge in [-0.3, -0.25) is 19.7 Å². The van der Waals surface area contributed by atoms with Crippen molar-refractivity contribution in [2.24, 2.45) is 0 Å². The van der Waals surface area contributed by atoms with Crippen LogP contribution in [-0.4, -0.2) is 47.8 Å². The average molecular weight is 412 g/mol. The Balaban J connectivity index is 1.70. The molecule has 0 aliphatic heterocycles. The molecule has 2 aromatic carbocycles. The summed E-state index contributed by atoms with van der Waals surface area (Å²) < 4.78 is 0. The first kappa shape index (κ1) is 23.0. The summed E-state index contributed by atoms with van der Waals surface area (Å²) in [5.74, 6) is -0.292. The van der Waals surface area contributed by atoms with E-state index < -0.39 is 4.92 Å². The minimum atomic E-state index is -0.395. The lowest BCUT2D eigenvalue weighted by atomic mass is 10.1. The molecule has 0 saturated heterocycles. The third-order valence-electron chi connectivity index (χ3n) is 4.72. The maximum absolute atomic E-state index is 12.2. The van der Waals surface area contributed by atoms with Gasteiger partial charge in [0.15, 0.2) is 0 Å². The quantitative estimate of drug-likeness (QED) is 0.335. The highest BCUT2D eigenvalue weighted by molar-refractivity contribution is 5.95. The summed E-state index contributed by atoms with van der Waals surface area (Å²) in [7, 11) is 0. The second-order valence-corrected chi connectivity index (χ2v) is 6.98. The normalized spacial score (nSPS) is 10.6. The summed E-state index contributed by atoms with van der Waals surface area (Å²) in [5.41, 5.74) is 2.38. The van der Waals surface area contributed by atoms with E-state index >= 15 is 0 Å². The van der Waals surface area contributed by atoms with Crippen molar-refractivity contribution in [1.29, 1.82) is 0 Å². The van der Waals surface area contributed by atoms with Crippen molar-refractivity contribution < 1.29 is 14.5 Å². The smallest absolute Gasteiger partial charge is 0.269 e. The van der Waals surface area contributed by atoms with E-state index in [1.807, 2.05) is 0 Å². The largest absolute Gasteiger partial charge is 0.352 e. The summed E-state index contributed by atoms with van der Waals surface area (Å²) >= 11 is 0. The Morgan fingerprint density at radius 3 is 2.27 bits per heavy atom. The number of nitrogens with zero attached hydrogens (tertiary/aromatic N) is 2. The van der Waals surface area contributed by atoms with Gasteiger partial charge in [-0.1, -0.05) is 19.1 Å². The van der Waals surface area contributed by atoms with Crippen LogP contribution in [0.4, 0.5) is 11.4 Å². The molecular weight excluding hydrogens is 384 g/mol. The number of carbonyl (C=O) groups is 2. The number of nitro benzene ring substituents is 1. The van der Waals surface area contributed by atoms with Gasteiger partial charge in [-0.05, 0) is 55.8 Å². The highest BCUT2D eigenvalue weighted by atomic mass is 16.6. The zero-order chi connectivity index (χ0) is 21.9. The monoisotopic (exact) mass is 412 g/mol. The molecule has 0 heterocycles. The first-order valence-electron chi connectivity index (χ1n) is 10.0. The molecule has 0 aliphatic rings. The van der Waals surface area contributed by atoms with Crippen LogP contribution in [0.25, 0.3) is 0 Å². The topological polar surface area (TPSA) is 105 Å². The van der Waals surface area contributed by atoms with E-state index in [1.165, 1.54) is 19.1 Å². The van der Waals surface area contributed by atoms with Gasteiger partial charge in [-0.25, -0.2) is 0 Å². The van der Waals surface area contributed by atoms with E-state index in [4.69, 9.17) is 0 Å². The molecule has 2 rings (SSSR count). The molecular formula is C22H28N4O4. The lowest BCUT2D eigenvalue weighted by Gasteiger charge is -2.20. The number of non-ortho nitro benzene ring substituents is 1. The van der Waals surface area contributed by atoms with Gasteiger partial charge < -0.3 is 15.5 Å². The standard InChI is InChI=1S/C22H28N4O4/c1-3-25(16-13-18-5-11-21(12-6-18)26(29)30)15-4-14-23-22(28)19-7-9-20(10-8-19)24-17(2)27/h5-12H,3-4,13-16H2,1-2H3,(H,23,28)(H,24,27). The Kier molecular flexibility index (Phi) is 8.96. The lowest BCUT2D eigenvalue weighted by molar-refractivity contribution is -0.384. The van der Waals surface area contributed by atoms with Gasteiger partial charge >= 0.3 is 0 Å². The molecule has 8 nitrogen and oxygen atoms in total. The van der Waals surface area contributed by atoms with Gasteiger partial charge in [-0.15, -0.1) is 0 Å². The molecule has 8 heteroatoms. The van der Waals surface area contributed by atoms with Crippen LogP contribution in [0.1, 0.15) is 36.2 Å². The summed E-state index contributed by atoms with van der Waals surface area (Å²) in [6.07, 6.45) is 1.64. The second-order valence-electron chi connectivity index (χ2n) is 6.98. The molecule has 160 valence electrons. The fourth-order valence-electron chi connectivity index (χ4n) is 3.01. The van der Waals surface area contributed by atoms with Crippen LogP contribution in [0.5, 0.6) is 0 Å². The Morgan fingerprint density at radius 2 is 1.70 bits per heavy atom. The number of amides is 2. The van der Waals surface area contributed by atoms with Crippen molar-refractivity contribution in [3.8, 4) is 0 Å². The number of hydrogen-bond acceptors (Lipinski definition) is 5. The summed E-state index contributed by atoms with van der Waals surface area (Å²) in [6.45, 7) is 6.70. The van der Waals surface area contributed by atoms with E-state index in [-0.39, 0.29) is 17.5 Å². The Labute approximate surface area is 176 Å². The van der Waals surface area contributed by atoms with Crippen molar-refractivity contribution in [2.75, 3.05) is 31.5 Å². The third-order valence-corrected chi connectivity index (χ3v) is 4.72. The predicted molar refractivity (Wildman–Crippen MR) is 117 cm³/mol. The molecule has 0 bridgehead atoms. The second kappa shape index (κ2) is 11.7. The minimum Gasteiger partial charge on any atom is -0.352 e. The molecule has 2 aromatic rings. The Morgan fingerprint density at radius 1 is 1.03 bits per heavy atom. The maximum atomic E-state index is 12.2. The summed E-state index contributed by atoms with van der Waals surface area (Å²) in [6, 6.07) is 13.4. The van der Waals surface area contributed by atoms with Crippen LogP contribution < -0.4 is 10.6 Å². The molecule has 0 spiro atoms. The zero-order valence-electron chi connectivity index (χ0n) is 17.4. The number of nitro groups is 1. The number of anilines is 1. The summed E-state index contributed by atoms with van der Waals surface area (Å²) in [4.78, 5) is 35.9. The fourth-order valence-corrected chi connectivity index (χ4v) is 3.01. The number of carbonyl (C=O) groups excluding carboxylic acids is 2. The van der Waals surface area contributed by atoms with Gasteiger partial charge in [-0.2, -0.15) is 0 Å². The van der Waals surface area contributed by atoms with Crippen molar-refractivity contribution in [2.45, 2.75) is 26.7 Å².